The van der Waals surface area contributed by atoms with Gasteiger partial charge in [-0.2, -0.15) is 0 Å². The minimum absolute atomic E-state index is 0.961. The summed E-state index contributed by atoms with van der Waals surface area (Å²) in [7, 11) is 0. The summed E-state index contributed by atoms with van der Waals surface area (Å²) in [4.78, 5) is 0. The largest absolute Gasteiger partial charge is 0.356 e. The van der Waals surface area contributed by atoms with Gasteiger partial charge in [0, 0.05) is 10.9 Å². The first-order valence-corrected chi connectivity index (χ1v) is 6.08. The van der Waals surface area contributed by atoms with E-state index in [0.717, 1.165) is 29.5 Å². The molecule has 0 aliphatic carbocycles. The smallest absolute Gasteiger partial charge is 0.170 e. The zero-order valence-electron chi connectivity index (χ0n) is 10.2. The van der Waals surface area contributed by atoms with Gasteiger partial charge in [0.1, 0.15) is 0 Å². The molecular weight excluding hydrogens is 210 g/mol. The summed E-state index contributed by atoms with van der Waals surface area (Å²) < 4.78 is 5.49. The van der Waals surface area contributed by atoms with E-state index in [1.54, 1.807) is 0 Å². The molecule has 0 N–H and O–H groups in total. The van der Waals surface area contributed by atoms with Gasteiger partial charge in [0.2, 0.25) is 0 Å². The van der Waals surface area contributed by atoms with Gasteiger partial charge < -0.3 is 4.52 Å². The zero-order valence-corrected chi connectivity index (χ0v) is 10.2. The monoisotopic (exact) mass is 225 g/mol. The van der Waals surface area contributed by atoms with E-state index in [2.05, 4.69) is 42.4 Å². The molecule has 0 atom stereocenters. The molecule has 0 saturated heterocycles. The first kappa shape index (κ1) is 10.3. The Labute approximate surface area is 100 Å². The lowest BCUT2D eigenvalue weighted by molar-refractivity contribution is 0.448. The lowest BCUT2D eigenvalue weighted by atomic mass is 9.98. The number of aromatic nitrogens is 1. The highest BCUT2D eigenvalue weighted by Crippen LogP contribution is 2.30. The number of aryl methyl sites for hydroxylation is 2. The summed E-state index contributed by atoms with van der Waals surface area (Å²) in [6.07, 6.45) is 2.15. The Kier molecular flexibility index (Phi) is 2.36. The van der Waals surface area contributed by atoms with E-state index >= 15 is 0 Å². The van der Waals surface area contributed by atoms with Crippen molar-refractivity contribution in [1.29, 1.82) is 0 Å². The fraction of sp³-hybridized carbons (Fsp3) is 0.267. The molecule has 0 aliphatic rings. The van der Waals surface area contributed by atoms with Crippen molar-refractivity contribution in [2.75, 3.05) is 0 Å². The van der Waals surface area contributed by atoms with Crippen molar-refractivity contribution >= 4 is 21.7 Å². The molecule has 2 heteroatoms. The van der Waals surface area contributed by atoms with Crippen LogP contribution in [0.3, 0.4) is 0 Å². The maximum absolute atomic E-state index is 5.49. The van der Waals surface area contributed by atoms with Crippen LogP contribution in [0.4, 0.5) is 0 Å². The lowest BCUT2D eigenvalue weighted by Gasteiger charge is -2.05. The molecule has 0 aliphatic heterocycles. The molecule has 86 valence electrons. The molecule has 17 heavy (non-hydrogen) atoms. The molecule has 0 saturated carbocycles. The summed E-state index contributed by atoms with van der Waals surface area (Å²) in [6, 6.07) is 10.6. The van der Waals surface area contributed by atoms with Crippen LogP contribution in [0.1, 0.15) is 24.6 Å². The number of benzene rings is 2. The Hall–Kier alpha value is -1.83. The van der Waals surface area contributed by atoms with Crippen molar-refractivity contribution in [3.8, 4) is 0 Å². The van der Waals surface area contributed by atoms with Crippen LogP contribution in [-0.2, 0) is 6.42 Å². The van der Waals surface area contributed by atoms with Gasteiger partial charge in [-0.15, -0.1) is 0 Å². The molecule has 0 amide bonds. The number of nitrogens with zero attached hydrogens (tertiary/aromatic N) is 1. The van der Waals surface area contributed by atoms with E-state index in [1.165, 1.54) is 16.3 Å². The van der Waals surface area contributed by atoms with E-state index in [4.69, 9.17) is 4.52 Å². The SMILES string of the molecule is CCCc1c2ccccc2cc2c(C)noc12. The number of fused-ring (bicyclic) bond motifs is 2. The Bertz CT molecular complexity index is 682. The highest BCUT2D eigenvalue weighted by Gasteiger charge is 2.12. The molecule has 2 aromatic carbocycles. The molecular formula is C15H15NO. The molecule has 1 heterocycles. The van der Waals surface area contributed by atoms with E-state index < -0.39 is 0 Å². The predicted molar refractivity (Wildman–Crippen MR) is 70.2 cm³/mol. The fourth-order valence-corrected chi connectivity index (χ4v) is 2.44. The number of rotatable bonds is 2. The average Bonchev–Trinajstić information content (AvgIpc) is 2.71. The second-order valence-electron chi connectivity index (χ2n) is 4.47. The second-order valence-corrected chi connectivity index (χ2v) is 4.47. The van der Waals surface area contributed by atoms with Crippen molar-refractivity contribution in [2.45, 2.75) is 26.7 Å². The summed E-state index contributed by atoms with van der Waals surface area (Å²) in [5, 5.41) is 7.79. The van der Waals surface area contributed by atoms with Crippen molar-refractivity contribution in [2.24, 2.45) is 0 Å². The second kappa shape index (κ2) is 3.88. The van der Waals surface area contributed by atoms with Crippen LogP contribution in [0.2, 0.25) is 0 Å². The molecule has 3 rings (SSSR count). The summed E-state index contributed by atoms with van der Waals surface area (Å²) in [6.45, 7) is 4.19. The normalized spacial score (nSPS) is 11.4. The Morgan fingerprint density at radius 3 is 2.82 bits per heavy atom. The third-order valence-electron chi connectivity index (χ3n) is 3.27. The maximum Gasteiger partial charge on any atom is 0.170 e. The molecule has 2 nitrogen and oxygen atoms in total. The Balaban J connectivity index is 2.48. The van der Waals surface area contributed by atoms with E-state index in [9.17, 15) is 0 Å². The van der Waals surface area contributed by atoms with Gasteiger partial charge in [-0.3, -0.25) is 0 Å². The molecule has 0 bridgehead atoms. The van der Waals surface area contributed by atoms with Gasteiger partial charge in [-0.1, -0.05) is 42.8 Å². The van der Waals surface area contributed by atoms with Crippen LogP contribution >= 0.6 is 0 Å². The summed E-state index contributed by atoms with van der Waals surface area (Å²) in [5.74, 6) is 0. The standard InChI is InChI=1S/C15H15NO/c1-3-6-13-12-8-5-4-7-11(12)9-14-10(2)16-17-15(13)14/h4-5,7-9H,3,6H2,1-2H3. The summed E-state index contributed by atoms with van der Waals surface area (Å²) in [5.41, 5.74) is 3.23. The third-order valence-corrected chi connectivity index (χ3v) is 3.27. The zero-order chi connectivity index (χ0) is 11.8. The molecule has 0 fully saturated rings. The molecule has 0 radical (unpaired) electrons. The predicted octanol–water partition coefficient (Wildman–Crippen LogP) is 4.24. The van der Waals surface area contributed by atoms with Crippen molar-refractivity contribution in [3.05, 3.63) is 41.6 Å². The molecule has 1 aromatic heterocycles. The van der Waals surface area contributed by atoms with Crippen LogP contribution < -0.4 is 0 Å². The van der Waals surface area contributed by atoms with Gasteiger partial charge in [0.05, 0.1) is 5.69 Å². The van der Waals surface area contributed by atoms with Gasteiger partial charge in [-0.25, -0.2) is 0 Å². The van der Waals surface area contributed by atoms with Crippen LogP contribution in [0.25, 0.3) is 21.7 Å². The highest BCUT2D eigenvalue weighted by atomic mass is 16.5. The number of hydrogen-bond acceptors (Lipinski definition) is 2. The van der Waals surface area contributed by atoms with Crippen LogP contribution in [0.15, 0.2) is 34.9 Å². The molecule has 0 unspecified atom stereocenters. The van der Waals surface area contributed by atoms with Gasteiger partial charge in [0.15, 0.2) is 5.58 Å². The minimum Gasteiger partial charge on any atom is -0.356 e. The van der Waals surface area contributed by atoms with Crippen molar-refractivity contribution < 1.29 is 4.52 Å². The van der Waals surface area contributed by atoms with E-state index in [1.807, 2.05) is 6.92 Å². The lowest BCUT2D eigenvalue weighted by Crippen LogP contribution is -1.87. The van der Waals surface area contributed by atoms with Gasteiger partial charge >= 0.3 is 0 Å². The maximum atomic E-state index is 5.49. The minimum atomic E-state index is 0.961. The third kappa shape index (κ3) is 1.52. The van der Waals surface area contributed by atoms with Crippen molar-refractivity contribution in [3.63, 3.8) is 0 Å². The quantitative estimate of drug-likeness (QED) is 0.652. The topological polar surface area (TPSA) is 26.0 Å². The molecule has 0 spiro atoms. The fourth-order valence-electron chi connectivity index (χ4n) is 2.44. The van der Waals surface area contributed by atoms with Gasteiger partial charge in [0.25, 0.3) is 0 Å². The Morgan fingerprint density at radius 2 is 2.00 bits per heavy atom. The van der Waals surface area contributed by atoms with Crippen LogP contribution in [0.5, 0.6) is 0 Å². The molecule has 3 aromatic rings. The average molecular weight is 225 g/mol. The van der Waals surface area contributed by atoms with Crippen LogP contribution in [0, 0.1) is 6.92 Å². The van der Waals surface area contributed by atoms with Crippen molar-refractivity contribution in [1.82, 2.24) is 5.16 Å². The first-order chi connectivity index (χ1) is 8.31. The Morgan fingerprint density at radius 1 is 1.18 bits per heavy atom. The van der Waals surface area contributed by atoms with E-state index in [0.29, 0.717) is 0 Å². The number of hydrogen-bond donors (Lipinski definition) is 0. The summed E-state index contributed by atoms with van der Waals surface area (Å²) >= 11 is 0. The first-order valence-electron chi connectivity index (χ1n) is 6.08. The van der Waals surface area contributed by atoms with E-state index in [-0.39, 0.29) is 0 Å². The van der Waals surface area contributed by atoms with Gasteiger partial charge in [-0.05, 0) is 30.2 Å². The van der Waals surface area contributed by atoms with Crippen LogP contribution in [-0.4, -0.2) is 5.16 Å². The highest BCUT2D eigenvalue weighted by molar-refractivity contribution is 6.00.